The van der Waals surface area contributed by atoms with Gasteiger partial charge in [0.25, 0.3) is 5.91 Å². The van der Waals surface area contributed by atoms with Gasteiger partial charge in [-0.15, -0.1) is 0 Å². The summed E-state index contributed by atoms with van der Waals surface area (Å²) in [6, 6.07) is 5.71. The smallest absolute Gasteiger partial charge is 0.250 e. The molecular formula is C18H21FN4O4S. The second-order valence-corrected chi connectivity index (χ2v) is 8.70. The third kappa shape index (κ3) is 4.63. The van der Waals surface area contributed by atoms with Crippen LogP contribution in [0.25, 0.3) is 10.9 Å². The number of likely N-dealkylation sites (tertiary alicyclic amines) is 1. The van der Waals surface area contributed by atoms with Gasteiger partial charge in [-0.25, -0.2) is 17.5 Å². The van der Waals surface area contributed by atoms with Crippen molar-refractivity contribution in [2.24, 2.45) is 5.73 Å². The molecule has 0 aliphatic carbocycles. The number of carbonyl (C=O) groups is 2. The van der Waals surface area contributed by atoms with E-state index >= 15 is 0 Å². The number of benzene rings is 1. The fourth-order valence-electron chi connectivity index (χ4n) is 3.38. The van der Waals surface area contributed by atoms with Crippen LogP contribution < -0.4 is 10.5 Å². The van der Waals surface area contributed by atoms with Crippen molar-refractivity contribution in [1.82, 2.24) is 14.6 Å². The molecule has 0 spiro atoms. The van der Waals surface area contributed by atoms with Crippen LogP contribution in [0.2, 0.25) is 0 Å². The molecule has 2 aromatic rings. The third-order valence-electron chi connectivity index (χ3n) is 4.79. The summed E-state index contributed by atoms with van der Waals surface area (Å²) in [6.45, 7) is 0.544. The summed E-state index contributed by atoms with van der Waals surface area (Å²) in [5, 5.41) is 0.497. The quantitative estimate of drug-likeness (QED) is 0.755. The summed E-state index contributed by atoms with van der Waals surface area (Å²) >= 11 is 0. The topological polar surface area (TPSA) is 122 Å². The number of piperidine rings is 1. The summed E-state index contributed by atoms with van der Waals surface area (Å²) in [5.41, 5.74) is 6.87. The fraction of sp³-hybridized carbons (Fsp3) is 0.389. The van der Waals surface area contributed by atoms with Gasteiger partial charge in [-0.2, -0.15) is 0 Å². The lowest BCUT2D eigenvalue weighted by Gasteiger charge is -2.32. The molecule has 0 atom stereocenters. The van der Waals surface area contributed by atoms with Crippen molar-refractivity contribution in [2.75, 3.05) is 25.9 Å². The van der Waals surface area contributed by atoms with Crippen molar-refractivity contribution in [3.8, 4) is 0 Å². The zero-order chi connectivity index (χ0) is 20.5. The number of pyridine rings is 1. The van der Waals surface area contributed by atoms with E-state index in [1.807, 2.05) is 0 Å². The summed E-state index contributed by atoms with van der Waals surface area (Å²) in [6.07, 6.45) is 2.12. The average Bonchev–Trinajstić information content (AvgIpc) is 2.64. The molecule has 3 N–H and O–H groups in total. The molecule has 1 fully saturated rings. The number of nitrogens with one attached hydrogen (secondary N) is 1. The first-order chi connectivity index (χ1) is 13.1. The molecule has 2 heterocycles. The van der Waals surface area contributed by atoms with Crippen LogP contribution in [0.5, 0.6) is 0 Å². The van der Waals surface area contributed by atoms with Crippen LogP contribution in [0.15, 0.2) is 24.3 Å². The Kier molecular flexibility index (Phi) is 5.61. The Bertz CT molecular complexity index is 1030. The van der Waals surface area contributed by atoms with Crippen LogP contribution >= 0.6 is 0 Å². The number of nitrogens with zero attached hydrogens (tertiary/aromatic N) is 2. The third-order valence-corrected chi connectivity index (χ3v) is 5.46. The molecule has 1 aromatic carbocycles. The van der Waals surface area contributed by atoms with Crippen molar-refractivity contribution in [3.63, 3.8) is 0 Å². The van der Waals surface area contributed by atoms with E-state index in [2.05, 4.69) is 9.71 Å². The van der Waals surface area contributed by atoms with Gasteiger partial charge in [-0.3, -0.25) is 14.6 Å². The molecule has 0 saturated carbocycles. The van der Waals surface area contributed by atoms with Crippen molar-refractivity contribution < 1.29 is 22.4 Å². The van der Waals surface area contributed by atoms with E-state index < -0.39 is 21.7 Å². The zero-order valence-corrected chi connectivity index (χ0v) is 16.1. The Balaban J connectivity index is 1.77. The average molecular weight is 408 g/mol. The fourth-order valence-corrected chi connectivity index (χ4v) is 3.76. The molecule has 10 heteroatoms. The molecule has 0 radical (unpaired) electrons. The highest BCUT2D eigenvalue weighted by Crippen LogP contribution is 2.31. The maximum Gasteiger partial charge on any atom is 0.250 e. The van der Waals surface area contributed by atoms with E-state index in [4.69, 9.17) is 5.73 Å². The summed E-state index contributed by atoms with van der Waals surface area (Å²) in [5.74, 6) is -1.44. The van der Waals surface area contributed by atoms with Crippen LogP contribution in [-0.4, -0.2) is 56.0 Å². The largest absolute Gasteiger partial charge is 0.366 e. The van der Waals surface area contributed by atoms with E-state index in [9.17, 15) is 22.4 Å². The molecule has 1 aliphatic heterocycles. The number of aromatic nitrogens is 1. The van der Waals surface area contributed by atoms with Crippen molar-refractivity contribution in [2.45, 2.75) is 18.8 Å². The number of sulfonamides is 1. The monoisotopic (exact) mass is 408 g/mol. The highest BCUT2D eigenvalue weighted by Gasteiger charge is 2.28. The van der Waals surface area contributed by atoms with Crippen LogP contribution in [0.3, 0.4) is 0 Å². The van der Waals surface area contributed by atoms with Gasteiger partial charge in [-0.1, -0.05) is 0 Å². The SMILES string of the molecule is CS(=O)(=O)NCC(=O)N1CCC(c2nc3ccc(F)cc3cc2C(N)=O)CC1. The Morgan fingerprint density at radius 1 is 1.29 bits per heavy atom. The number of hydrogen-bond donors (Lipinski definition) is 2. The van der Waals surface area contributed by atoms with Gasteiger partial charge in [0, 0.05) is 24.4 Å². The van der Waals surface area contributed by atoms with E-state index in [-0.39, 0.29) is 23.9 Å². The zero-order valence-electron chi connectivity index (χ0n) is 15.3. The summed E-state index contributed by atoms with van der Waals surface area (Å²) in [7, 11) is -3.44. The molecule has 1 saturated heterocycles. The van der Waals surface area contributed by atoms with Crippen LogP contribution in [0, 0.1) is 5.82 Å². The van der Waals surface area contributed by atoms with E-state index in [1.165, 1.54) is 12.1 Å². The molecule has 28 heavy (non-hydrogen) atoms. The first-order valence-corrected chi connectivity index (χ1v) is 10.7. The number of fused-ring (bicyclic) bond motifs is 1. The van der Waals surface area contributed by atoms with Crippen LogP contribution in [0.4, 0.5) is 4.39 Å². The Morgan fingerprint density at radius 3 is 2.57 bits per heavy atom. The number of amides is 2. The standard InChI is InChI=1S/C18H21FN4O4S/c1-28(26,27)21-10-16(24)23-6-4-11(5-7-23)17-14(18(20)25)9-12-8-13(19)2-3-15(12)22-17/h2-3,8-9,11,21H,4-7,10H2,1H3,(H2,20,25). The Morgan fingerprint density at radius 2 is 1.96 bits per heavy atom. The van der Waals surface area contributed by atoms with Gasteiger partial charge in [-0.05, 0) is 37.1 Å². The van der Waals surface area contributed by atoms with Crippen molar-refractivity contribution >= 4 is 32.7 Å². The molecule has 8 nitrogen and oxygen atoms in total. The highest BCUT2D eigenvalue weighted by molar-refractivity contribution is 7.88. The van der Waals surface area contributed by atoms with Gasteiger partial charge < -0.3 is 10.6 Å². The molecule has 0 unspecified atom stereocenters. The first kappa shape index (κ1) is 20.2. The Hall–Kier alpha value is -2.59. The molecule has 1 aliphatic rings. The molecule has 1 aromatic heterocycles. The summed E-state index contributed by atoms with van der Waals surface area (Å²) in [4.78, 5) is 30.2. The first-order valence-electron chi connectivity index (χ1n) is 8.76. The molecule has 3 rings (SSSR count). The van der Waals surface area contributed by atoms with Gasteiger partial charge in [0.05, 0.1) is 29.6 Å². The molecule has 0 bridgehead atoms. The molecular weight excluding hydrogens is 387 g/mol. The lowest BCUT2D eigenvalue weighted by molar-refractivity contribution is -0.131. The maximum atomic E-state index is 13.5. The lowest BCUT2D eigenvalue weighted by atomic mass is 9.89. The van der Waals surface area contributed by atoms with E-state index in [0.717, 1.165) is 6.26 Å². The number of hydrogen-bond acceptors (Lipinski definition) is 5. The highest BCUT2D eigenvalue weighted by atomic mass is 32.2. The molecule has 2 amide bonds. The van der Waals surface area contributed by atoms with Crippen LogP contribution in [-0.2, 0) is 14.8 Å². The number of primary amides is 1. The minimum atomic E-state index is -3.44. The van der Waals surface area contributed by atoms with E-state index in [0.29, 0.717) is 42.5 Å². The number of nitrogens with two attached hydrogens (primary N) is 1. The van der Waals surface area contributed by atoms with Crippen molar-refractivity contribution in [3.05, 3.63) is 41.3 Å². The predicted octanol–water partition coefficient (Wildman–Crippen LogP) is 0.728. The van der Waals surface area contributed by atoms with E-state index in [1.54, 1.807) is 17.0 Å². The van der Waals surface area contributed by atoms with Crippen LogP contribution in [0.1, 0.15) is 34.8 Å². The maximum absolute atomic E-state index is 13.5. The van der Waals surface area contributed by atoms with Gasteiger partial charge in [0.15, 0.2) is 0 Å². The second-order valence-electron chi connectivity index (χ2n) is 6.87. The lowest BCUT2D eigenvalue weighted by Crippen LogP contribution is -2.43. The molecule has 150 valence electrons. The van der Waals surface area contributed by atoms with Gasteiger partial charge in [0.2, 0.25) is 15.9 Å². The number of halogens is 1. The van der Waals surface area contributed by atoms with Gasteiger partial charge >= 0.3 is 0 Å². The van der Waals surface area contributed by atoms with Crippen molar-refractivity contribution in [1.29, 1.82) is 0 Å². The van der Waals surface area contributed by atoms with Gasteiger partial charge in [0.1, 0.15) is 5.82 Å². The number of rotatable bonds is 5. The number of carbonyl (C=O) groups excluding carboxylic acids is 2. The normalized spacial score (nSPS) is 15.7. The predicted molar refractivity (Wildman–Crippen MR) is 102 cm³/mol. The minimum Gasteiger partial charge on any atom is -0.366 e. The Labute approximate surface area is 162 Å². The minimum absolute atomic E-state index is 0.0797. The second kappa shape index (κ2) is 7.80. The summed E-state index contributed by atoms with van der Waals surface area (Å²) < 4.78 is 37.9.